The first kappa shape index (κ1) is 15.4. The van der Waals surface area contributed by atoms with Gasteiger partial charge < -0.3 is 4.74 Å². The van der Waals surface area contributed by atoms with E-state index < -0.39 is 12.4 Å². The van der Waals surface area contributed by atoms with Crippen molar-refractivity contribution in [1.82, 2.24) is 0 Å². The number of carbonyl (C=O) groups excluding carboxylic acids is 1. The summed E-state index contributed by atoms with van der Waals surface area (Å²) in [6, 6.07) is 16.0. The Morgan fingerprint density at radius 3 is 2.36 bits per heavy atom. The first-order valence-corrected chi connectivity index (χ1v) is 6.37. The number of carbonyl (C=O) groups is 1. The number of benzene rings is 2. The van der Waals surface area contributed by atoms with Crippen LogP contribution >= 0.6 is 0 Å². The standard InChI is InChI=1S/C17H11F2NO2/c18-17(19)22-15-9-5-4-8-13(15)10-14(11-20)16(21)12-6-2-1-3-7-12/h1-10,17H/b14-10-. The normalized spacial score (nSPS) is 11.1. The van der Waals surface area contributed by atoms with Crippen molar-refractivity contribution in [2.24, 2.45) is 0 Å². The van der Waals surface area contributed by atoms with Crippen molar-refractivity contribution < 1.29 is 18.3 Å². The molecule has 0 spiro atoms. The largest absolute Gasteiger partial charge is 0.434 e. The van der Waals surface area contributed by atoms with Crippen molar-refractivity contribution in [2.75, 3.05) is 0 Å². The van der Waals surface area contributed by atoms with E-state index in [1.807, 2.05) is 0 Å². The van der Waals surface area contributed by atoms with Crippen LogP contribution in [0.25, 0.3) is 6.08 Å². The minimum absolute atomic E-state index is 0.0916. The maximum absolute atomic E-state index is 12.4. The number of ketones is 1. The molecule has 0 fully saturated rings. The van der Waals surface area contributed by atoms with E-state index in [2.05, 4.69) is 4.74 Å². The molecule has 0 atom stereocenters. The summed E-state index contributed by atoms with van der Waals surface area (Å²) in [6.07, 6.45) is 1.24. The Hall–Kier alpha value is -3.00. The van der Waals surface area contributed by atoms with Crippen LogP contribution in [0.3, 0.4) is 0 Å². The molecule has 0 unspecified atom stereocenters. The highest BCUT2D eigenvalue weighted by Gasteiger charge is 2.14. The summed E-state index contributed by atoms with van der Waals surface area (Å²) in [5.41, 5.74) is 0.433. The monoisotopic (exact) mass is 299 g/mol. The Kier molecular flexibility index (Phi) is 4.99. The van der Waals surface area contributed by atoms with Crippen molar-refractivity contribution in [3.8, 4) is 11.8 Å². The number of nitrogens with zero attached hydrogens (tertiary/aromatic N) is 1. The summed E-state index contributed by atoms with van der Waals surface area (Å²) >= 11 is 0. The molecule has 0 saturated carbocycles. The summed E-state index contributed by atoms with van der Waals surface area (Å²) in [5, 5.41) is 9.16. The number of hydrogen-bond acceptors (Lipinski definition) is 3. The van der Waals surface area contributed by atoms with Gasteiger partial charge >= 0.3 is 6.61 Å². The summed E-state index contributed by atoms with van der Waals surface area (Å²) < 4.78 is 29.1. The second-order valence-corrected chi connectivity index (χ2v) is 4.28. The molecule has 0 radical (unpaired) electrons. The molecule has 0 aliphatic heterocycles. The highest BCUT2D eigenvalue weighted by Crippen LogP contribution is 2.23. The summed E-state index contributed by atoms with van der Waals surface area (Å²) in [7, 11) is 0. The molecule has 110 valence electrons. The van der Waals surface area contributed by atoms with Gasteiger partial charge in [-0.3, -0.25) is 4.79 Å². The van der Waals surface area contributed by atoms with Gasteiger partial charge in [0, 0.05) is 11.1 Å². The molecule has 0 bridgehead atoms. The van der Waals surface area contributed by atoms with E-state index in [1.165, 1.54) is 24.3 Å². The lowest BCUT2D eigenvalue weighted by atomic mass is 10.0. The lowest BCUT2D eigenvalue weighted by Gasteiger charge is -2.08. The molecular formula is C17H11F2NO2. The van der Waals surface area contributed by atoms with Crippen LogP contribution in [0.15, 0.2) is 60.2 Å². The molecule has 0 N–H and O–H groups in total. The topological polar surface area (TPSA) is 50.1 Å². The zero-order valence-corrected chi connectivity index (χ0v) is 11.4. The molecule has 0 heterocycles. The van der Waals surface area contributed by atoms with Gasteiger partial charge in [-0.1, -0.05) is 48.5 Å². The second-order valence-electron chi connectivity index (χ2n) is 4.28. The van der Waals surface area contributed by atoms with E-state index in [4.69, 9.17) is 5.26 Å². The van der Waals surface area contributed by atoms with Crippen molar-refractivity contribution in [3.63, 3.8) is 0 Å². The smallest absolute Gasteiger partial charge is 0.387 e. The summed E-state index contributed by atoms with van der Waals surface area (Å²) in [4.78, 5) is 12.2. The van der Waals surface area contributed by atoms with E-state index in [0.29, 0.717) is 5.56 Å². The molecule has 5 heteroatoms. The average molecular weight is 299 g/mol. The second kappa shape index (κ2) is 7.14. The third-order valence-corrected chi connectivity index (χ3v) is 2.84. The van der Waals surface area contributed by atoms with Crippen LogP contribution < -0.4 is 4.74 Å². The fourth-order valence-corrected chi connectivity index (χ4v) is 1.85. The Morgan fingerprint density at radius 2 is 1.73 bits per heavy atom. The van der Waals surface area contributed by atoms with Gasteiger partial charge in [0.05, 0.1) is 0 Å². The number of Topliss-reactive ketones (excluding diaryl/α,β-unsaturated/α-hetero) is 1. The third kappa shape index (κ3) is 3.76. The fourth-order valence-electron chi connectivity index (χ4n) is 1.85. The van der Waals surface area contributed by atoms with Gasteiger partial charge in [-0.15, -0.1) is 0 Å². The molecule has 22 heavy (non-hydrogen) atoms. The van der Waals surface area contributed by atoms with Gasteiger partial charge in [-0.05, 0) is 12.1 Å². The molecule has 0 amide bonds. The molecule has 0 aromatic heterocycles. The van der Waals surface area contributed by atoms with Crippen LogP contribution in [0.5, 0.6) is 5.75 Å². The Morgan fingerprint density at radius 1 is 1.09 bits per heavy atom. The lowest BCUT2D eigenvalue weighted by molar-refractivity contribution is -0.0499. The van der Waals surface area contributed by atoms with Gasteiger partial charge in [0.25, 0.3) is 0 Å². The minimum Gasteiger partial charge on any atom is -0.434 e. The Bertz CT molecular complexity index is 734. The fraction of sp³-hybridized carbons (Fsp3) is 0.0588. The molecule has 2 aromatic rings. The SMILES string of the molecule is N#C/C(=C/c1ccccc1OC(F)F)C(=O)c1ccccc1. The summed E-state index contributed by atoms with van der Waals surface area (Å²) in [6.45, 7) is -2.98. The van der Waals surface area contributed by atoms with Crippen LogP contribution in [-0.4, -0.2) is 12.4 Å². The molecule has 2 aromatic carbocycles. The van der Waals surface area contributed by atoms with Crippen LogP contribution in [0.4, 0.5) is 8.78 Å². The van der Waals surface area contributed by atoms with E-state index >= 15 is 0 Å². The van der Waals surface area contributed by atoms with E-state index in [-0.39, 0.29) is 16.9 Å². The maximum Gasteiger partial charge on any atom is 0.387 e. The summed E-state index contributed by atoms with van der Waals surface area (Å²) in [5.74, 6) is -0.568. The van der Waals surface area contributed by atoms with Crippen LogP contribution in [0.1, 0.15) is 15.9 Å². The molecule has 0 saturated heterocycles. The van der Waals surface area contributed by atoms with Crippen LogP contribution in [0.2, 0.25) is 0 Å². The van der Waals surface area contributed by atoms with Crippen LogP contribution in [0, 0.1) is 11.3 Å². The van der Waals surface area contributed by atoms with E-state index in [9.17, 15) is 13.6 Å². The highest BCUT2D eigenvalue weighted by molar-refractivity contribution is 6.14. The third-order valence-electron chi connectivity index (χ3n) is 2.84. The molecular weight excluding hydrogens is 288 g/mol. The van der Waals surface area contributed by atoms with Crippen molar-refractivity contribution in [3.05, 3.63) is 71.3 Å². The predicted molar refractivity (Wildman–Crippen MR) is 77.4 cm³/mol. The number of halogens is 2. The zero-order chi connectivity index (χ0) is 15.9. The average Bonchev–Trinajstić information content (AvgIpc) is 2.53. The number of allylic oxidation sites excluding steroid dienone is 1. The first-order chi connectivity index (χ1) is 10.6. The Labute approximate surface area is 126 Å². The van der Waals surface area contributed by atoms with Crippen molar-refractivity contribution >= 4 is 11.9 Å². The number of nitriles is 1. The molecule has 3 nitrogen and oxygen atoms in total. The molecule has 2 rings (SSSR count). The van der Waals surface area contributed by atoms with Crippen molar-refractivity contribution in [2.45, 2.75) is 6.61 Å². The first-order valence-electron chi connectivity index (χ1n) is 6.37. The van der Waals surface area contributed by atoms with E-state index in [1.54, 1.807) is 42.5 Å². The number of hydrogen-bond donors (Lipinski definition) is 0. The van der Waals surface area contributed by atoms with Gasteiger partial charge in [0.15, 0.2) is 0 Å². The number of alkyl halides is 2. The number of ether oxygens (including phenoxy) is 1. The zero-order valence-electron chi connectivity index (χ0n) is 11.4. The van der Waals surface area contributed by atoms with Gasteiger partial charge in [-0.2, -0.15) is 14.0 Å². The van der Waals surface area contributed by atoms with Gasteiger partial charge in [0.1, 0.15) is 17.4 Å². The van der Waals surface area contributed by atoms with Gasteiger partial charge in [0.2, 0.25) is 5.78 Å². The minimum atomic E-state index is -2.98. The predicted octanol–water partition coefficient (Wildman–Crippen LogP) is 4.08. The van der Waals surface area contributed by atoms with Crippen LogP contribution in [-0.2, 0) is 0 Å². The molecule has 0 aliphatic rings. The molecule has 0 aliphatic carbocycles. The lowest BCUT2D eigenvalue weighted by Crippen LogP contribution is -2.04. The number of para-hydroxylation sites is 1. The Balaban J connectivity index is 2.38. The number of rotatable bonds is 5. The quantitative estimate of drug-likeness (QED) is 0.475. The maximum atomic E-state index is 12.4. The van der Waals surface area contributed by atoms with Gasteiger partial charge in [-0.25, -0.2) is 0 Å². The van der Waals surface area contributed by atoms with E-state index in [0.717, 1.165) is 0 Å². The van der Waals surface area contributed by atoms with Crippen molar-refractivity contribution in [1.29, 1.82) is 5.26 Å². The highest BCUT2D eigenvalue weighted by atomic mass is 19.3.